The minimum absolute atomic E-state index is 0.0962. The molecule has 1 aromatic carbocycles. The number of aliphatic hydroxyl groups excluding tert-OH is 1. The number of anilines is 2. The molecule has 2 saturated carbocycles. The van der Waals surface area contributed by atoms with Crippen molar-refractivity contribution in [1.82, 2.24) is 14.5 Å². The lowest BCUT2D eigenvalue weighted by atomic mass is 9.88. The molecular weight excluding hydrogens is 480 g/mol. The summed E-state index contributed by atoms with van der Waals surface area (Å²) in [5, 5.41) is 15.3. The second kappa shape index (κ2) is 9.79. The summed E-state index contributed by atoms with van der Waals surface area (Å²) >= 11 is 0. The summed E-state index contributed by atoms with van der Waals surface area (Å²) in [5.41, 5.74) is 1.42. The summed E-state index contributed by atoms with van der Waals surface area (Å²) in [4.78, 5) is 25.5. The Hall–Kier alpha value is -2.85. The molecular formula is C27H33F2N5O3. The molecule has 2 N–H and O–H groups in total. The Morgan fingerprint density at radius 1 is 1.03 bits per heavy atom. The fourth-order valence-electron chi connectivity index (χ4n) is 5.97. The zero-order valence-electron chi connectivity index (χ0n) is 20.8. The van der Waals surface area contributed by atoms with Crippen LogP contribution >= 0.6 is 0 Å². The highest BCUT2D eigenvalue weighted by molar-refractivity contribution is 6.05. The number of fused-ring (bicyclic) bond motifs is 3. The third-order valence-electron chi connectivity index (χ3n) is 7.99. The molecule has 0 spiro atoms. The summed E-state index contributed by atoms with van der Waals surface area (Å²) in [6.45, 7) is 3.21. The highest BCUT2D eigenvalue weighted by Gasteiger charge is 2.45. The number of ether oxygens (including phenoxy) is 1. The Morgan fingerprint density at radius 2 is 1.76 bits per heavy atom. The molecule has 6 rings (SSSR count). The molecule has 3 aromatic rings. The normalized spacial score (nSPS) is 25.0. The van der Waals surface area contributed by atoms with Gasteiger partial charge in [0.25, 0.3) is 11.5 Å². The Kier molecular flexibility index (Phi) is 6.48. The van der Waals surface area contributed by atoms with Crippen LogP contribution < -0.4 is 15.8 Å². The number of hydrogen-bond acceptors (Lipinski definition) is 7. The summed E-state index contributed by atoms with van der Waals surface area (Å²) in [7, 11) is 0. The van der Waals surface area contributed by atoms with E-state index in [1.54, 1.807) is 10.8 Å². The van der Waals surface area contributed by atoms with Crippen LogP contribution in [-0.2, 0) is 4.74 Å². The minimum Gasteiger partial charge on any atom is -0.393 e. The van der Waals surface area contributed by atoms with Crippen LogP contribution in [0.1, 0.15) is 57.4 Å². The number of nitrogens with zero attached hydrogens (tertiary/aromatic N) is 4. The van der Waals surface area contributed by atoms with E-state index in [1.165, 1.54) is 0 Å². The Bertz CT molecular complexity index is 1340. The first-order valence-electron chi connectivity index (χ1n) is 13.4. The van der Waals surface area contributed by atoms with Crippen LogP contribution in [0.2, 0.25) is 0 Å². The molecule has 2 aromatic heterocycles. The van der Waals surface area contributed by atoms with Crippen molar-refractivity contribution in [2.24, 2.45) is 0 Å². The highest BCUT2D eigenvalue weighted by atomic mass is 19.3. The number of halogens is 2. The molecule has 0 unspecified atom stereocenters. The predicted octanol–water partition coefficient (Wildman–Crippen LogP) is 4.25. The lowest BCUT2D eigenvalue weighted by molar-refractivity contribution is -0.0794. The molecule has 3 aliphatic rings. The fraction of sp³-hybridized carbons (Fsp3) is 0.593. The summed E-state index contributed by atoms with van der Waals surface area (Å²) in [6.07, 6.45) is 5.32. The van der Waals surface area contributed by atoms with Gasteiger partial charge in [0.15, 0.2) is 0 Å². The van der Waals surface area contributed by atoms with Gasteiger partial charge in [0.2, 0.25) is 5.95 Å². The zero-order valence-corrected chi connectivity index (χ0v) is 20.8. The van der Waals surface area contributed by atoms with Gasteiger partial charge in [-0.1, -0.05) is 6.07 Å². The molecule has 8 nitrogen and oxygen atoms in total. The van der Waals surface area contributed by atoms with Crippen molar-refractivity contribution >= 4 is 33.4 Å². The van der Waals surface area contributed by atoms with E-state index in [0.29, 0.717) is 36.7 Å². The Labute approximate surface area is 213 Å². The van der Waals surface area contributed by atoms with Gasteiger partial charge in [0.1, 0.15) is 5.65 Å². The van der Waals surface area contributed by atoms with Gasteiger partial charge in [-0.05, 0) is 56.0 Å². The van der Waals surface area contributed by atoms with Crippen molar-refractivity contribution in [3.05, 3.63) is 34.7 Å². The van der Waals surface area contributed by atoms with Crippen LogP contribution in [0.3, 0.4) is 0 Å². The van der Waals surface area contributed by atoms with Crippen LogP contribution in [0.4, 0.5) is 20.4 Å². The van der Waals surface area contributed by atoms with Crippen molar-refractivity contribution in [2.45, 2.75) is 75.5 Å². The average molecular weight is 514 g/mol. The van der Waals surface area contributed by atoms with Crippen LogP contribution in [0.5, 0.6) is 0 Å². The van der Waals surface area contributed by atoms with Crippen molar-refractivity contribution in [3.63, 3.8) is 0 Å². The zero-order chi connectivity index (χ0) is 25.6. The number of hydrogen-bond donors (Lipinski definition) is 2. The van der Waals surface area contributed by atoms with Gasteiger partial charge in [-0.25, -0.2) is 13.8 Å². The van der Waals surface area contributed by atoms with Gasteiger partial charge in [-0.15, -0.1) is 0 Å². The Balaban J connectivity index is 1.44. The van der Waals surface area contributed by atoms with Crippen LogP contribution in [0.15, 0.2) is 29.2 Å². The van der Waals surface area contributed by atoms with E-state index < -0.39 is 5.92 Å². The Morgan fingerprint density at radius 3 is 2.46 bits per heavy atom. The molecule has 2 aliphatic carbocycles. The molecule has 10 heteroatoms. The van der Waals surface area contributed by atoms with Gasteiger partial charge < -0.3 is 20.1 Å². The number of alkyl halides is 2. The van der Waals surface area contributed by atoms with Crippen molar-refractivity contribution in [1.29, 1.82) is 0 Å². The van der Waals surface area contributed by atoms with Gasteiger partial charge >= 0.3 is 0 Å². The van der Waals surface area contributed by atoms with E-state index in [1.807, 2.05) is 18.2 Å². The molecule has 3 heterocycles. The molecule has 198 valence electrons. The number of benzene rings is 1. The minimum atomic E-state index is -2.65. The molecule has 1 saturated heterocycles. The topological polar surface area (TPSA) is 92.5 Å². The van der Waals surface area contributed by atoms with E-state index in [-0.39, 0.29) is 42.5 Å². The number of pyridine rings is 1. The average Bonchev–Trinajstić information content (AvgIpc) is 2.84. The quantitative estimate of drug-likeness (QED) is 0.504. The van der Waals surface area contributed by atoms with Gasteiger partial charge in [0.05, 0.1) is 11.5 Å². The number of rotatable bonds is 4. The first-order chi connectivity index (χ1) is 17.9. The maximum atomic E-state index is 14.0. The van der Waals surface area contributed by atoms with Gasteiger partial charge in [-0.2, -0.15) is 4.98 Å². The fourth-order valence-corrected chi connectivity index (χ4v) is 5.97. The smallest absolute Gasteiger partial charge is 0.260 e. The van der Waals surface area contributed by atoms with Crippen molar-refractivity contribution < 1.29 is 18.6 Å². The SMILES string of the molecule is O=c1c2cc(N3CCCOCCC3)ccc2c2cnc(NC3CC(F)(F)C3)nc2n1C1CCC(O)CC1. The maximum absolute atomic E-state index is 14.0. The number of aromatic nitrogens is 3. The van der Waals surface area contributed by atoms with Crippen LogP contribution in [-0.4, -0.2) is 64.0 Å². The molecule has 3 fully saturated rings. The van der Waals surface area contributed by atoms with E-state index >= 15 is 0 Å². The lowest BCUT2D eigenvalue weighted by Gasteiger charge is -2.35. The second-order valence-corrected chi connectivity index (χ2v) is 10.7. The third kappa shape index (κ3) is 4.88. The largest absolute Gasteiger partial charge is 0.393 e. The van der Waals surface area contributed by atoms with Crippen molar-refractivity contribution in [3.8, 4) is 0 Å². The molecule has 0 bridgehead atoms. The lowest BCUT2D eigenvalue weighted by Crippen LogP contribution is -2.44. The molecule has 0 amide bonds. The van der Waals surface area contributed by atoms with Crippen LogP contribution in [0.25, 0.3) is 21.8 Å². The number of aliphatic hydroxyl groups is 1. The van der Waals surface area contributed by atoms with E-state index in [9.17, 15) is 18.7 Å². The summed E-state index contributed by atoms with van der Waals surface area (Å²) < 4.78 is 34.1. The highest BCUT2D eigenvalue weighted by Crippen LogP contribution is 2.39. The van der Waals surface area contributed by atoms with Gasteiger partial charge in [-0.3, -0.25) is 9.36 Å². The predicted molar refractivity (Wildman–Crippen MR) is 139 cm³/mol. The second-order valence-electron chi connectivity index (χ2n) is 10.7. The van der Waals surface area contributed by atoms with E-state index in [4.69, 9.17) is 9.72 Å². The number of nitrogens with one attached hydrogen (secondary N) is 1. The molecule has 1 aliphatic heterocycles. The third-order valence-corrected chi connectivity index (χ3v) is 7.99. The van der Waals surface area contributed by atoms with Crippen LogP contribution in [0, 0.1) is 0 Å². The molecule has 0 atom stereocenters. The van der Waals surface area contributed by atoms with Gasteiger partial charge in [0, 0.05) is 68.5 Å². The van der Waals surface area contributed by atoms with E-state index in [0.717, 1.165) is 55.6 Å². The van der Waals surface area contributed by atoms with Crippen molar-refractivity contribution in [2.75, 3.05) is 36.5 Å². The first kappa shape index (κ1) is 24.5. The molecule has 0 radical (unpaired) electrons. The summed E-state index contributed by atoms with van der Waals surface area (Å²) in [6, 6.07) is 5.52. The summed E-state index contributed by atoms with van der Waals surface area (Å²) in [5.74, 6) is -2.39. The first-order valence-corrected chi connectivity index (χ1v) is 13.4. The monoisotopic (exact) mass is 513 g/mol. The maximum Gasteiger partial charge on any atom is 0.260 e. The standard InChI is InChI=1S/C27H33F2N5O3/c28-27(29)14-17(15-27)31-26-30-16-23-21-8-5-19(33-9-1-11-37-12-2-10-33)13-22(21)25(36)34(24(23)32-26)18-3-6-20(35)7-4-18/h5,8,13,16-18,20,35H,1-4,6-7,9-12,14-15H2,(H,30,31,32). The van der Waals surface area contributed by atoms with E-state index in [2.05, 4.69) is 15.2 Å². The molecule has 37 heavy (non-hydrogen) atoms.